The van der Waals surface area contributed by atoms with Crippen molar-refractivity contribution in [1.82, 2.24) is 0 Å². The van der Waals surface area contributed by atoms with Gasteiger partial charge in [0.25, 0.3) is 0 Å². The molecule has 0 radical (unpaired) electrons. The van der Waals surface area contributed by atoms with Crippen LogP contribution in [-0.4, -0.2) is 43.5 Å². The first-order chi connectivity index (χ1) is 8.57. The normalized spacial score (nSPS) is 12.6. The number of hydrogen-bond acceptors (Lipinski definition) is 5. The quantitative estimate of drug-likeness (QED) is 0.367. The third-order valence-electron chi connectivity index (χ3n) is 1.93. The van der Waals surface area contributed by atoms with Gasteiger partial charge in [0.1, 0.15) is 6.26 Å². The topological polar surface area (TPSA) is 74.2 Å². The van der Waals surface area contributed by atoms with Crippen molar-refractivity contribution in [2.45, 2.75) is 33.7 Å². The zero-order chi connectivity index (χ0) is 14.0. The third kappa shape index (κ3) is 4.64. The van der Waals surface area contributed by atoms with Gasteiger partial charge >= 0.3 is 11.9 Å². The van der Waals surface area contributed by atoms with Gasteiger partial charge < -0.3 is 24.1 Å². The van der Waals surface area contributed by atoms with Crippen LogP contribution in [0.4, 0.5) is 0 Å². The molecule has 0 rings (SSSR count). The van der Waals surface area contributed by atoms with Crippen molar-refractivity contribution in [3.63, 3.8) is 0 Å². The molecule has 0 saturated carbocycles. The molecule has 0 saturated heterocycles. The number of carboxylic acids is 1. The highest BCUT2D eigenvalue weighted by Crippen LogP contribution is 2.26. The average Bonchev–Trinajstić information content (AvgIpc) is 2.30. The molecule has 0 atom stereocenters. The van der Waals surface area contributed by atoms with E-state index < -0.39 is 11.9 Å². The lowest BCUT2D eigenvalue weighted by atomic mass is 10.2. The molecule has 0 aliphatic heterocycles. The van der Waals surface area contributed by atoms with Gasteiger partial charge in [0.05, 0.1) is 6.61 Å². The summed E-state index contributed by atoms with van der Waals surface area (Å²) in [5.41, 5.74) is -0.213. The molecule has 0 fully saturated rings. The predicted octanol–water partition coefficient (Wildman–Crippen LogP) is 1.75. The van der Waals surface area contributed by atoms with Crippen LogP contribution in [0.15, 0.2) is 11.8 Å². The number of carboxylic acid groups (broad SMARTS) is 1. The summed E-state index contributed by atoms with van der Waals surface area (Å²) in [4.78, 5) is 11.3. The molecule has 0 unspecified atom stereocenters. The van der Waals surface area contributed by atoms with Gasteiger partial charge in [0, 0.05) is 19.8 Å². The standard InChI is InChI=1S/C12H22O6/c1-5-15-9-10(11(13)14)12(16-6-2,17-7-3)18-8-4/h9H,5-8H2,1-4H3,(H,13,14). The summed E-state index contributed by atoms with van der Waals surface area (Å²) in [6.07, 6.45) is 1.10. The van der Waals surface area contributed by atoms with Gasteiger partial charge in [-0.15, -0.1) is 0 Å². The number of aliphatic carboxylic acids is 1. The first kappa shape index (κ1) is 16.9. The highest BCUT2D eigenvalue weighted by Gasteiger charge is 2.42. The van der Waals surface area contributed by atoms with Crippen LogP contribution >= 0.6 is 0 Å². The Morgan fingerprint density at radius 3 is 1.72 bits per heavy atom. The van der Waals surface area contributed by atoms with E-state index in [2.05, 4.69) is 0 Å². The van der Waals surface area contributed by atoms with E-state index in [1.165, 1.54) is 0 Å². The lowest BCUT2D eigenvalue weighted by Crippen LogP contribution is -2.44. The van der Waals surface area contributed by atoms with Crippen molar-refractivity contribution in [3.8, 4) is 0 Å². The van der Waals surface area contributed by atoms with Gasteiger partial charge in [-0.2, -0.15) is 0 Å². The molecule has 6 heteroatoms. The Bertz CT molecular complexity index is 257. The van der Waals surface area contributed by atoms with Gasteiger partial charge in [0.15, 0.2) is 5.57 Å². The molecule has 0 bridgehead atoms. The molecule has 0 amide bonds. The smallest absolute Gasteiger partial charge is 0.343 e. The average molecular weight is 262 g/mol. The third-order valence-corrected chi connectivity index (χ3v) is 1.93. The molecule has 0 aliphatic rings. The first-order valence-electron chi connectivity index (χ1n) is 6.05. The van der Waals surface area contributed by atoms with Crippen molar-refractivity contribution >= 4 is 5.97 Å². The van der Waals surface area contributed by atoms with Gasteiger partial charge in [-0.25, -0.2) is 4.79 Å². The molecular weight excluding hydrogens is 240 g/mol. The maximum absolute atomic E-state index is 11.3. The van der Waals surface area contributed by atoms with Gasteiger partial charge in [-0.05, 0) is 27.7 Å². The van der Waals surface area contributed by atoms with Crippen molar-refractivity contribution in [2.75, 3.05) is 26.4 Å². The second-order valence-electron chi connectivity index (χ2n) is 3.15. The maximum atomic E-state index is 11.3. The highest BCUT2D eigenvalue weighted by molar-refractivity contribution is 5.87. The predicted molar refractivity (Wildman–Crippen MR) is 65.0 cm³/mol. The monoisotopic (exact) mass is 262 g/mol. The summed E-state index contributed by atoms with van der Waals surface area (Å²) >= 11 is 0. The Hall–Kier alpha value is -1.11. The summed E-state index contributed by atoms with van der Waals surface area (Å²) in [6.45, 7) is 8.02. The minimum absolute atomic E-state index is 0.213. The van der Waals surface area contributed by atoms with E-state index in [-0.39, 0.29) is 25.4 Å². The summed E-state index contributed by atoms with van der Waals surface area (Å²) in [5, 5.41) is 9.23. The molecule has 0 aliphatic carbocycles. The highest BCUT2D eigenvalue weighted by atomic mass is 16.9. The molecule has 18 heavy (non-hydrogen) atoms. The molecule has 1 N–H and O–H groups in total. The van der Waals surface area contributed by atoms with Crippen molar-refractivity contribution < 1.29 is 28.8 Å². The van der Waals surface area contributed by atoms with Crippen molar-refractivity contribution in [3.05, 3.63) is 11.8 Å². The van der Waals surface area contributed by atoms with E-state index in [0.29, 0.717) is 6.61 Å². The zero-order valence-corrected chi connectivity index (χ0v) is 11.4. The lowest BCUT2D eigenvalue weighted by Gasteiger charge is -2.32. The largest absolute Gasteiger partial charge is 0.501 e. The van der Waals surface area contributed by atoms with Crippen LogP contribution in [-0.2, 0) is 23.7 Å². The van der Waals surface area contributed by atoms with Crippen LogP contribution in [0.2, 0.25) is 0 Å². The molecule has 6 nitrogen and oxygen atoms in total. The molecule has 106 valence electrons. The Morgan fingerprint density at radius 1 is 1.00 bits per heavy atom. The van der Waals surface area contributed by atoms with Crippen LogP contribution in [0.1, 0.15) is 27.7 Å². The zero-order valence-electron chi connectivity index (χ0n) is 11.4. The molecule has 0 aromatic heterocycles. The minimum Gasteiger partial charge on any atom is -0.501 e. The molecule has 0 aromatic carbocycles. The lowest BCUT2D eigenvalue weighted by molar-refractivity contribution is -0.352. The second kappa shape index (κ2) is 8.91. The fourth-order valence-electron chi connectivity index (χ4n) is 1.35. The Morgan fingerprint density at radius 2 is 1.44 bits per heavy atom. The molecule has 0 heterocycles. The van der Waals surface area contributed by atoms with Crippen LogP contribution in [0, 0.1) is 0 Å². The van der Waals surface area contributed by atoms with E-state index in [1.807, 2.05) is 0 Å². The van der Waals surface area contributed by atoms with E-state index in [9.17, 15) is 9.90 Å². The van der Waals surface area contributed by atoms with Gasteiger partial charge in [-0.1, -0.05) is 0 Å². The van der Waals surface area contributed by atoms with Crippen molar-refractivity contribution in [1.29, 1.82) is 0 Å². The fraction of sp³-hybridized carbons (Fsp3) is 0.750. The summed E-state index contributed by atoms with van der Waals surface area (Å²) < 4.78 is 21.1. The van der Waals surface area contributed by atoms with Crippen LogP contribution in [0.25, 0.3) is 0 Å². The summed E-state index contributed by atoms with van der Waals surface area (Å²) in [7, 11) is 0. The molecule has 0 spiro atoms. The van der Waals surface area contributed by atoms with E-state index >= 15 is 0 Å². The van der Waals surface area contributed by atoms with E-state index in [0.717, 1.165) is 6.26 Å². The molecular formula is C12H22O6. The maximum Gasteiger partial charge on any atom is 0.343 e. The van der Waals surface area contributed by atoms with Crippen LogP contribution < -0.4 is 0 Å². The van der Waals surface area contributed by atoms with E-state index in [1.54, 1.807) is 27.7 Å². The van der Waals surface area contributed by atoms with Gasteiger partial charge in [0.2, 0.25) is 0 Å². The molecule has 0 aromatic rings. The fourth-order valence-corrected chi connectivity index (χ4v) is 1.35. The van der Waals surface area contributed by atoms with E-state index in [4.69, 9.17) is 18.9 Å². The van der Waals surface area contributed by atoms with Gasteiger partial charge in [-0.3, -0.25) is 0 Å². The summed E-state index contributed by atoms with van der Waals surface area (Å²) in [5.74, 6) is -2.93. The van der Waals surface area contributed by atoms with Crippen molar-refractivity contribution in [2.24, 2.45) is 0 Å². The first-order valence-corrected chi connectivity index (χ1v) is 6.05. The van der Waals surface area contributed by atoms with Crippen LogP contribution in [0.3, 0.4) is 0 Å². The second-order valence-corrected chi connectivity index (χ2v) is 3.15. The number of ether oxygens (including phenoxy) is 4. The number of carbonyl (C=O) groups is 1. The minimum atomic E-state index is -1.72. The number of rotatable bonds is 10. The number of hydrogen-bond donors (Lipinski definition) is 1. The SMILES string of the molecule is CCOC=C(C(=O)O)C(OCC)(OCC)OCC. The Kier molecular flexibility index (Phi) is 8.36. The Balaban J connectivity index is 5.35. The summed E-state index contributed by atoms with van der Waals surface area (Å²) in [6, 6.07) is 0. The Labute approximate surface area is 107 Å². The van der Waals surface area contributed by atoms with Crippen LogP contribution in [0.5, 0.6) is 0 Å².